The molecule has 1 amide bonds. The Bertz CT molecular complexity index is 652. The van der Waals surface area contributed by atoms with Crippen LogP contribution in [0.5, 0.6) is 0 Å². The van der Waals surface area contributed by atoms with Crippen LogP contribution in [-0.2, 0) is 10.2 Å². The highest BCUT2D eigenvalue weighted by Gasteiger charge is 2.35. The van der Waals surface area contributed by atoms with Crippen LogP contribution in [0.4, 0.5) is 0 Å². The van der Waals surface area contributed by atoms with E-state index in [9.17, 15) is 4.79 Å². The predicted molar refractivity (Wildman–Crippen MR) is 94.4 cm³/mol. The second-order valence-electron chi connectivity index (χ2n) is 5.61. The molecule has 1 N–H and O–H groups in total. The minimum Gasteiger partial charge on any atom is -0.381 e. The van der Waals surface area contributed by atoms with Crippen molar-refractivity contribution in [3.63, 3.8) is 0 Å². The van der Waals surface area contributed by atoms with Crippen LogP contribution >= 0.6 is 23.1 Å². The van der Waals surface area contributed by atoms with E-state index in [0.29, 0.717) is 12.1 Å². The van der Waals surface area contributed by atoms with E-state index in [-0.39, 0.29) is 11.3 Å². The molecule has 0 saturated carbocycles. The first-order chi connectivity index (χ1) is 11.2. The van der Waals surface area contributed by atoms with Crippen molar-refractivity contribution >= 4 is 29.0 Å². The molecule has 3 heterocycles. The maximum atomic E-state index is 12.6. The fourth-order valence-electron chi connectivity index (χ4n) is 2.92. The number of pyridine rings is 1. The highest BCUT2D eigenvalue weighted by molar-refractivity contribution is 7.98. The molecule has 1 aliphatic heterocycles. The van der Waals surface area contributed by atoms with Crippen molar-refractivity contribution in [1.82, 2.24) is 10.3 Å². The number of hydrogen-bond acceptors (Lipinski definition) is 5. The quantitative estimate of drug-likeness (QED) is 0.842. The normalized spacial score (nSPS) is 16.9. The topological polar surface area (TPSA) is 51.2 Å². The Balaban J connectivity index is 1.75. The zero-order chi connectivity index (χ0) is 16.1. The van der Waals surface area contributed by atoms with Gasteiger partial charge in [0.25, 0.3) is 5.91 Å². The Kier molecular flexibility index (Phi) is 5.35. The van der Waals surface area contributed by atoms with Crippen LogP contribution in [0.2, 0.25) is 0 Å². The zero-order valence-electron chi connectivity index (χ0n) is 13.1. The van der Waals surface area contributed by atoms with Crippen LogP contribution < -0.4 is 5.32 Å². The van der Waals surface area contributed by atoms with Crippen LogP contribution in [0.1, 0.15) is 28.1 Å². The van der Waals surface area contributed by atoms with Crippen molar-refractivity contribution in [3.8, 4) is 0 Å². The second-order valence-corrected chi connectivity index (χ2v) is 7.36. The van der Waals surface area contributed by atoms with Crippen LogP contribution in [0, 0.1) is 0 Å². The molecule has 0 spiro atoms. The number of carbonyl (C=O) groups is 1. The number of thioether (sulfide) groups is 1. The summed E-state index contributed by atoms with van der Waals surface area (Å²) in [5.74, 6) is -0.0510. The van der Waals surface area contributed by atoms with Gasteiger partial charge in [-0.15, -0.1) is 23.1 Å². The van der Waals surface area contributed by atoms with Gasteiger partial charge in [-0.25, -0.2) is 4.98 Å². The lowest BCUT2D eigenvalue weighted by Gasteiger charge is -2.36. The van der Waals surface area contributed by atoms with Crippen molar-refractivity contribution < 1.29 is 9.53 Å². The molecule has 0 unspecified atom stereocenters. The maximum absolute atomic E-state index is 12.6. The summed E-state index contributed by atoms with van der Waals surface area (Å²) in [6.45, 7) is 2.13. The van der Waals surface area contributed by atoms with Gasteiger partial charge in [0.2, 0.25) is 0 Å². The summed E-state index contributed by atoms with van der Waals surface area (Å²) in [5, 5.41) is 6.00. The van der Waals surface area contributed by atoms with E-state index in [1.54, 1.807) is 23.6 Å². The van der Waals surface area contributed by atoms with E-state index in [2.05, 4.69) is 27.8 Å². The Labute approximate surface area is 144 Å². The average Bonchev–Trinajstić information content (AvgIpc) is 3.16. The van der Waals surface area contributed by atoms with Crippen LogP contribution in [-0.4, -0.2) is 36.9 Å². The van der Waals surface area contributed by atoms with Gasteiger partial charge < -0.3 is 10.1 Å². The summed E-state index contributed by atoms with van der Waals surface area (Å²) >= 11 is 3.25. The third-order valence-electron chi connectivity index (χ3n) is 4.29. The largest absolute Gasteiger partial charge is 0.381 e. The van der Waals surface area contributed by atoms with Gasteiger partial charge in [-0.05, 0) is 42.7 Å². The Morgan fingerprint density at radius 3 is 2.91 bits per heavy atom. The van der Waals surface area contributed by atoms with Gasteiger partial charge in [-0.2, -0.15) is 0 Å². The molecule has 1 fully saturated rings. The number of thiophene rings is 1. The smallest absolute Gasteiger partial charge is 0.254 e. The molecule has 0 atom stereocenters. The van der Waals surface area contributed by atoms with Gasteiger partial charge in [-0.1, -0.05) is 6.07 Å². The summed E-state index contributed by atoms with van der Waals surface area (Å²) in [6.07, 6.45) is 5.53. The summed E-state index contributed by atoms with van der Waals surface area (Å²) in [4.78, 5) is 18.2. The van der Waals surface area contributed by atoms with E-state index in [4.69, 9.17) is 4.74 Å². The van der Waals surface area contributed by atoms with Crippen molar-refractivity contribution in [1.29, 1.82) is 0 Å². The minimum atomic E-state index is -0.0510. The lowest BCUT2D eigenvalue weighted by Crippen LogP contribution is -2.44. The van der Waals surface area contributed by atoms with Crippen molar-refractivity contribution in [3.05, 3.63) is 46.3 Å². The SMILES string of the molecule is CSc1ncccc1C(=O)NCC1(c2cccs2)CCOCC1. The van der Waals surface area contributed by atoms with Crippen molar-refractivity contribution in [2.75, 3.05) is 26.0 Å². The van der Waals surface area contributed by atoms with Crippen molar-refractivity contribution in [2.24, 2.45) is 0 Å². The third-order valence-corrected chi connectivity index (χ3v) is 6.12. The number of aromatic nitrogens is 1. The first kappa shape index (κ1) is 16.5. The molecule has 2 aromatic heterocycles. The van der Waals surface area contributed by atoms with Crippen molar-refractivity contribution in [2.45, 2.75) is 23.3 Å². The summed E-state index contributed by atoms with van der Waals surface area (Å²) in [7, 11) is 0. The molecular weight excluding hydrogens is 328 g/mol. The number of ether oxygens (including phenoxy) is 1. The van der Waals surface area contributed by atoms with E-state index in [1.807, 2.05) is 12.3 Å². The van der Waals surface area contributed by atoms with Gasteiger partial charge in [-0.3, -0.25) is 4.79 Å². The molecule has 23 heavy (non-hydrogen) atoms. The molecule has 122 valence electrons. The predicted octanol–water partition coefficient (Wildman–Crippen LogP) is 3.34. The Hall–Kier alpha value is -1.37. The molecule has 2 aromatic rings. The van der Waals surface area contributed by atoms with Gasteiger partial charge >= 0.3 is 0 Å². The molecule has 3 rings (SSSR count). The van der Waals surface area contributed by atoms with E-state index < -0.39 is 0 Å². The summed E-state index contributed by atoms with van der Waals surface area (Å²) in [6, 6.07) is 7.87. The van der Waals surface area contributed by atoms with Gasteiger partial charge in [0.1, 0.15) is 5.03 Å². The fourth-order valence-corrected chi connectivity index (χ4v) is 4.46. The molecule has 0 bridgehead atoms. The first-order valence-electron chi connectivity index (χ1n) is 7.64. The molecule has 1 aliphatic rings. The highest BCUT2D eigenvalue weighted by Crippen LogP contribution is 2.37. The van der Waals surface area contributed by atoms with E-state index >= 15 is 0 Å². The highest BCUT2D eigenvalue weighted by atomic mass is 32.2. The number of amides is 1. The number of nitrogens with zero attached hydrogens (tertiary/aromatic N) is 1. The third kappa shape index (κ3) is 3.59. The standard InChI is InChI=1S/C17H20N2O2S2/c1-22-16-13(4-2-8-18-16)15(20)19-12-17(6-9-21-10-7-17)14-5-3-11-23-14/h2-5,8,11H,6-7,9-10,12H2,1H3,(H,19,20). The van der Waals surface area contributed by atoms with Crippen LogP contribution in [0.25, 0.3) is 0 Å². The lowest BCUT2D eigenvalue weighted by molar-refractivity contribution is 0.0498. The Morgan fingerprint density at radius 2 is 2.22 bits per heavy atom. The lowest BCUT2D eigenvalue weighted by atomic mass is 9.78. The fraction of sp³-hybridized carbons (Fsp3) is 0.412. The number of carbonyl (C=O) groups excluding carboxylic acids is 1. The van der Waals surface area contributed by atoms with Crippen LogP contribution in [0.3, 0.4) is 0 Å². The Morgan fingerprint density at radius 1 is 1.39 bits per heavy atom. The maximum Gasteiger partial charge on any atom is 0.254 e. The van der Waals surface area contributed by atoms with Crippen LogP contribution in [0.15, 0.2) is 40.9 Å². The van der Waals surface area contributed by atoms with Gasteiger partial charge in [0.05, 0.1) is 5.56 Å². The minimum absolute atomic E-state index is 0.0101. The van der Waals surface area contributed by atoms with E-state index in [0.717, 1.165) is 31.1 Å². The zero-order valence-corrected chi connectivity index (χ0v) is 14.7. The molecular formula is C17H20N2O2S2. The number of hydrogen-bond donors (Lipinski definition) is 1. The van der Waals surface area contributed by atoms with E-state index in [1.165, 1.54) is 16.6 Å². The monoisotopic (exact) mass is 348 g/mol. The number of nitrogens with one attached hydrogen (secondary N) is 1. The molecule has 0 aromatic carbocycles. The molecule has 1 saturated heterocycles. The molecule has 0 radical (unpaired) electrons. The number of rotatable bonds is 5. The average molecular weight is 348 g/mol. The van der Waals surface area contributed by atoms with Gasteiger partial charge in [0, 0.05) is 36.2 Å². The second kappa shape index (κ2) is 7.47. The molecule has 6 heteroatoms. The molecule has 4 nitrogen and oxygen atoms in total. The summed E-state index contributed by atoms with van der Waals surface area (Å²) < 4.78 is 5.53. The van der Waals surface area contributed by atoms with Gasteiger partial charge in [0.15, 0.2) is 0 Å². The molecule has 0 aliphatic carbocycles. The first-order valence-corrected chi connectivity index (χ1v) is 9.74. The summed E-state index contributed by atoms with van der Waals surface area (Å²) in [5.41, 5.74) is 0.637.